The normalized spacial score (nSPS) is 51.9. The van der Waals surface area contributed by atoms with Crippen LogP contribution in [0.15, 0.2) is 5.16 Å². The smallest absolute Gasteiger partial charge is 0.309 e. The molecule has 5 aliphatic carbocycles. The van der Waals surface area contributed by atoms with E-state index in [1.807, 2.05) is 0 Å². The first kappa shape index (κ1) is 26.9. The molecular weight excluding hydrogens is 469 g/mol. The SMILES string of the molecule is CON=C(C)[C@@H]1CC[C@]2(C(=O)O)CC[C@]3(C)C(CCC4[C@@]5(C)CC[C@H](OP)C(C)(C)C5CC[C@]43C)C12. The number of carboxylic acid groups (broad SMARTS) is 1. The fourth-order valence-corrected chi connectivity index (χ4v) is 12.3. The van der Waals surface area contributed by atoms with Crippen LogP contribution in [0.5, 0.6) is 0 Å². The summed E-state index contributed by atoms with van der Waals surface area (Å²) in [7, 11) is 4.16. The molecule has 5 aliphatic rings. The number of rotatable bonds is 4. The molecule has 0 aromatic rings. The molecule has 36 heavy (non-hydrogen) atoms. The number of oxime groups is 1. The molecule has 0 aliphatic heterocycles. The Balaban J connectivity index is 1.55. The van der Waals surface area contributed by atoms with Gasteiger partial charge in [0.2, 0.25) is 0 Å². The largest absolute Gasteiger partial charge is 0.481 e. The lowest BCUT2D eigenvalue weighted by atomic mass is 9.32. The zero-order chi connectivity index (χ0) is 26.3. The Morgan fingerprint density at radius 3 is 2.25 bits per heavy atom. The minimum absolute atomic E-state index is 0.154. The van der Waals surface area contributed by atoms with Gasteiger partial charge in [-0.2, -0.15) is 0 Å². The van der Waals surface area contributed by atoms with Gasteiger partial charge in [0.15, 0.2) is 0 Å². The van der Waals surface area contributed by atoms with Crippen molar-refractivity contribution in [3.63, 3.8) is 0 Å². The van der Waals surface area contributed by atoms with Crippen molar-refractivity contribution in [2.45, 2.75) is 112 Å². The molecule has 0 spiro atoms. The number of carboxylic acids is 1. The molecule has 5 fully saturated rings. The van der Waals surface area contributed by atoms with Crippen LogP contribution in [0.25, 0.3) is 0 Å². The van der Waals surface area contributed by atoms with Crippen LogP contribution in [0.1, 0.15) is 106 Å². The highest BCUT2D eigenvalue weighted by molar-refractivity contribution is 7.09. The van der Waals surface area contributed by atoms with Crippen LogP contribution < -0.4 is 0 Å². The van der Waals surface area contributed by atoms with Crippen molar-refractivity contribution < 1.29 is 19.3 Å². The van der Waals surface area contributed by atoms with Crippen LogP contribution in [0.2, 0.25) is 0 Å². The van der Waals surface area contributed by atoms with Gasteiger partial charge in [0.1, 0.15) is 7.11 Å². The third-order valence-electron chi connectivity index (χ3n) is 13.7. The molecule has 0 heterocycles. The van der Waals surface area contributed by atoms with E-state index < -0.39 is 11.4 Å². The van der Waals surface area contributed by atoms with E-state index in [0.29, 0.717) is 29.3 Å². The van der Waals surface area contributed by atoms with Gasteiger partial charge in [-0.3, -0.25) is 4.79 Å². The highest BCUT2D eigenvalue weighted by Crippen LogP contribution is 2.77. The number of hydrogen-bond donors (Lipinski definition) is 1. The van der Waals surface area contributed by atoms with Crippen LogP contribution in [0, 0.1) is 56.7 Å². The summed E-state index contributed by atoms with van der Waals surface area (Å²) >= 11 is 0. The van der Waals surface area contributed by atoms with E-state index in [1.165, 1.54) is 25.7 Å². The van der Waals surface area contributed by atoms with Gasteiger partial charge >= 0.3 is 5.97 Å². The summed E-state index contributed by atoms with van der Waals surface area (Å²) in [4.78, 5) is 18.1. The van der Waals surface area contributed by atoms with Gasteiger partial charge in [-0.05, 0) is 116 Å². The lowest BCUT2D eigenvalue weighted by Gasteiger charge is -2.72. The molecule has 0 radical (unpaired) electrons. The summed E-state index contributed by atoms with van der Waals surface area (Å²) in [6, 6.07) is 0. The van der Waals surface area contributed by atoms with E-state index in [2.05, 4.69) is 56.2 Å². The predicted molar refractivity (Wildman–Crippen MR) is 146 cm³/mol. The van der Waals surface area contributed by atoms with E-state index in [4.69, 9.17) is 9.36 Å². The Kier molecular flexibility index (Phi) is 6.48. The summed E-state index contributed by atoms with van der Waals surface area (Å²) in [5.41, 5.74) is 1.27. The van der Waals surface area contributed by atoms with E-state index in [-0.39, 0.29) is 28.1 Å². The second kappa shape index (κ2) is 8.67. The van der Waals surface area contributed by atoms with E-state index >= 15 is 0 Å². The highest BCUT2D eigenvalue weighted by atomic mass is 31.0. The summed E-state index contributed by atoms with van der Waals surface area (Å²) in [6.07, 6.45) is 11.1. The van der Waals surface area contributed by atoms with Gasteiger partial charge in [0.05, 0.1) is 17.2 Å². The Labute approximate surface area is 221 Å². The summed E-state index contributed by atoms with van der Waals surface area (Å²) < 4.78 is 5.94. The van der Waals surface area contributed by atoms with Crippen LogP contribution in [0.4, 0.5) is 0 Å². The van der Waals surface area contributed by atoms with Crippen LogP contribution >= 0.6 is 9.47 Å². The van der Waals surface area contributed by atoms with Crippen molar-refractivity contribution in [2.24, 2.45) is 61.8 Å². The van der Waals surface area contributed by atoms with E-state index in [1.54, 1.807) is 7.11 Å². The second-order valence-corrected chi connectivity index (χ2v) is 15.0. The minimum Gasteiger partial charge on any atom is -0.481 e. The third kappa shape index (κ3) is 3.26. The highest BCUT2D eigenvalue weighted by Gasteiger charge is 2.72. The monoisotopic (exact) mass is 519 g/mol. The first-order valence-corrected chi connectivity index (χ1v) is 15.0. The van der Waals surface area contributed by atoms with Crippen LogP contribution in [-0.4, -0.2) is 30.0 Å². The second-order valence-electron chi connectivity index (χ2n) is 14.7. The molecule has 5 unspecified atom stereocenters. The standard InChI is InChI=1S/C30H50NO4P/c1-18(31-34-7)19-10-15-30(25(32)33)17-16-28(5)20(24(19)30)8-9-22-27(4)13-12-23(35-36)26(2,3)21(27)11-14-29(22,28)6/h19-24H,8-17,36H2,1-7H3,(H,32,33)/t19-,20?,21?,22?,23-,24?,27-,28+,29+,30-/m0/s1. The fourth-order valence-electron chi connectivity index (χ4n) is 11.9. The minimum atomic E-state index is -0.597. The maximum absolute atomic E-state index is 12.9. The number of hydrogen-bond acceptors (Lipinski definition) is 4. The van der Waals surface area contributed by atoms with Crippen LogP contribution in [0.3, 0.4) is 0 Å². The number of aliphatic carboxylic acids is 1. The molecule has 5 rings (SSSR count). The molecule has 0 saturated heterocycles. The van der Waals surface area contributed by atoms with Gasteiger partial charge in [-0.25, -0.2) is 0 Å². The quantitative estimate of drug-likeness (QED) is 0.239. The summed E-state index contributed by atoms with van der Waals surface area (Å²) in [6.45, 7) is 14.8. The average Bonchev–Trinajstić information content (AvgIpc) is 3.21. The first-order chi connectivity index (χ1) is 16.8. The number of fused-ring (bicyclic) bond motifs is 7. The molecular formula is C30H50NO4P. The van der Waals surface area contributed by atoms with Gasteiger partial charge in [0, 0.05) is 15.4 Å². The van der Waals surface area contributed by atoms with E-state index in [0.717, 1.165) is 44.2 Å². The van der Waals surface area contributed by atoms with Crippen molar-refractivity contribution in [3.05, 3.63) is 0 Å². The molecule has 6 heteroatoms. The molecule has 0 bridgehead atoms. The van der Waals surface area contributed by atoms with Crippen molar-refractivity contribution in [2.75, 3.05) is 7.11 Å². The summed E-state index contributed by atoms with van der Waals surface area (Å²) in [5, 5.41) is 15.0. The Bertz CT molecular complexity index is 936. The maximum atomic E-state index is 12.9. The van der Waals surface area contributed by atoms with Crippen molar-refractivity contribution in [1.29, 1.82) is 0 Å². The van der Waals surface area contributed by atoms with Gasteiger partial charge in [0.25, 0.3) is 0 Å². The Morgan fingerprint density at radius 2 is 1.61 bits per heavy atom. The molecule has 5 nitrogen and oxygen atoms in total. The zero-order valence-electron chi connectivity index (χ0n) is 23.7. The van der Waals surface area contributed by atoms with Gasteiger partial charge < -0.3 is 14.5 Å². The predicted octanol–water partition coefficient (Wildman–Crippen LogP) is 7.35. The van der Waals surface area contributed by atoms with Gasteiger partial charge in [-0.1, -0.05) is 39.8 Å². The molecule has 0 aromatic heterocycles. The zero-order valence-corrected chi connectivity index (χ0v) is 24.9. The average molecular weight is 520 g/mol. The lowest BCUT2D eigenvalue weighted by Crippen LogP contribution is -2.67. The Hall–Kier alpha value is -0.670. The van der Waals surface area contributed by atoms with Gasteiger partial charge in [-0.15, -0.1) is 0 Å². The lowest BCUT2D eigenvalue weighted by molar-refractivity contribution is -0.245. The molecule has 0 amide bonds. The van der Waals surface area contributed by atoms with Crippen molar-refractivity contribution in [1.82, 2.24) is 0 Å². The third-order valence-corrected chi connectivity index (χ3v) is 14.1. The van der Waals surface area contributed by atoms with Crippen molar-refractivity contribution >= 4 is 21.1 Å². The number of nitrogens with zero attached hydrogens (tertiary/aromatic N) is 1. The topological polar surface area (TPSA) is 68.1 Å². The van der Waals surface area contributed by atoms with E-state index in [9.17, 15) is 9.90 Å². The van der Waals surface area contributed by atoms with Crippen LogP contribution in [-0.2, 0) is 14.2 Å². The fraction of sp³-hybridized carbons (Fsp3) is 0.933. The maximum Gasteiger partial charge on any atom is 0.309 e. The summed E-state index contributed by atoms with van der Waals surface area (Å²) in [5.74, 6) is 1.58. The first-order valence-electron chi connectivity index (χ1n) is 14.5. The number of carbonyl (C=O) groups is 1. The molecule has 1 N–H and O–H groups in total. The molecule has 11 atom stereocenters. The molecule has 204 valence electrons. The molecule has 0 aromatic carbocycles. The molecule has 5 saturated carbocycles. The van der Waals surface area contributed by atoms with Crippen molar-refractivity contribution in [3.8, 4) is 0 Å². The Morgan fingerprint density at radius 1 is 0.889 bits per heavy atom.